The molecule has 0 aliphatic carbocycles. The van der Waals surface area contributed by atoms with Crippen molar-refractivity contribution in [3.63, 3.8) is 0 Å². The Morgan fingerprint density at radius 2 is 2.13 bits per heavy atom. The number of hydrogen-bond donors (Lipinski definition) is 2. The average molecular weight is 208 g/mol. The SMILES string of the molecule is C[C@@H]1Nc2ccccc2[C@@H]2NCC[C@H]12.O.[HH]. The van der Waals surface area contributed by atoms with Crippen molar-refractivity contribution in [3.05, 3.63) is 29.8 Å². The first kappa shape index (κ1) is 10.5. The van der Waals surface area contributed by atoms with Crippen LogP contribution in [0.25, 0.3) is 0 Å². The van der Waals surface area contributed by atoms with Crippen LogP contribution in [0, 0.1) is 5.92 Å². The van der Waals surface area contributed by atoms with E-state index in [0.29, 0.717) is 12.1 Å². The second kappa shape index (κ2) is 3.83. The fraction of sp³-hybridized carbons (Fsp3) is 0.500. The molecule has 0 saturated carbocycles. The van der Waals surface area contributed by atoms with Crippen LogP contribution < -0.4 is 10.6 Å². The van der Waals surface area contributed by atoms with Crippen LogP contribution in [0.2, 0.25) is 0 Å². The van der Waals surface area contributed by atoms with Crippen LogP contribution in [0.4, 0.5) is 5.69 Å². The summed E-state index contributed by atoms with van der Waals surface area (Å²) in [6.45, 7) is 3.45. The third kappa shape index (κ3) is 1.52. The molecule has 1 fully saturated rings. The zero-order chi connectivity index (χ0) is 9.54. The highest BCUT2D eigenvalue weighted by Gasteiger charge is 2.36. The molecule has 0 unspecified atom stereocenters. The summed E-state index contributed by atoms with van der Waals surface area (Å²) in [5, 5.41) is 7.20. The van der Waals surface area contributed by atoms with Crippen molar-refractivity contribution in [2.75, 3.05) is 11.9 Å². The topological polar surface area (TPSA) is 55.6 Å². The van der Waals surface area contributed by atoms with Gasteiger partial charge in [0.1, 0.15) is 0 Å². The largest absolute Gasteiger partial charge is 0.412 e. The average Bonchev–Trinajstić information content (AvgIpc) is 2.67. The van der Waals surface area contributed by atoms with Gasteiger partial charge in [-0.15, -0.1) is 0 Å². The minimum atomic E-state index is 0. The summed E-state index contributed by atoms with van der Waals surface area (Å²) in [6.07, 6.45) is 1.30. The van der Waals surface area contributed by atoms with Gasteiger partial charge in [-0.1, -0.05) is 18.2 Å². The van der Waals surface area contributed by atoms with E-state index < -0.39 is 0 Å². The van der Waals surface area contributed by atoms with Crippen LogP contribution in [0.3, 0.4) is 0 Å². The van der Waals surface area contributed by atoms with Crippen molar-refractivity contribution in [2.45, 2.75) is 25.4 Å². The van der Waals surface area contributed by atoms with Gasteiger partial charge in [0.05, 0.1) is 0 Å². The van der Waals surface area contributed by atoms with Gasteiger partial charge in [-0.25, -0.2) is 0 Å². The summed E-state index contributed by atoms with van der Waals surface area (Å²) in [5.41, 5.74) is 2.77. The molecular weight excluding hydrogens is 188 g/mol. The van der Waals surface area contributed by atoms with E-state index in [1.807, 2.05) is 0 Å². The van der Waals surface area contributed by atoms with Crippen molar-refractivity contribution in [1.82, 2.24) is 5.32 Å². The highest BCUT2D eigenvalue weighted by Crippen LogP contribution is 2.40. The van der Waals surface area contributed by atoms with Gasteiger partial charge in [0, 0.05) is 19.2 Å². The fourth-order valence-corrected chi connectivity index (χ4v) is 2.85. The van der Waals surface area contributed by atoms with Crippen molar-refractivity contribution in [3.8, 4) is 0 Å². The number of nitrogens with one attached hydrogen (secondary N) is 2. The monoisotopic (exact) mass is 208 g/mol. The van der Waals surface area contributed by atoms with E-state index in [1.54, 1.807) is 0 Å². The van der Waals surface area contributed by atoms with E-state index in [1.165, 1.54) is 17.7 Å². The lowest BCUT2D eigenvalue weighted by Gasteiger charge is -2.34. The highest BCUT2D eigenvalue weighted by atomic mass is 16.0. The predicted molar refractivity (Wildman–Crippen MR) is 64.1 cm³/mol. The first-order valence-corrected chi connectivity index (χ1v) is 5.45. The standard InChI is InChI=1S/C12H16N2.H2O.H2/c1-8-9-6-7-13-12(9)10-4-2-3-5-11(10)14-8;;/h2-5,8-9,12-14H,6-7H2,1H3;1H2;1H/t8-,9+,12+;;/m0../s1. The molecule has 1 saturated heterocycles. The van der Waals surface area contributed by atoms with Gasteiger partial charge in [0.25, 0.3) is 0 Å². The Morgan fingerprint density at radius 1 is 1.33 bits per heavy atom. The van der Waals surface area contributed by atoms with E-state index in [-0.39, 0.29) is 6.90 Å². The van der Waals surface area contributed by atoms with E-state index in [0.717, 1.165) is 12.5 Å². The Balaban J connectivity index is 0.000000640. The lowest BCUT2D eigenvalue weighted by molar-refractivity contribution is 0.401. The van der Waals surface area contributed by atoms with Gasteiger partial charge in [-0.2, -0.15) is 0 Å². The van der Waals surface area contributed by atoms with E-state index >= 15 is 0 Å². The summed E-state index contributed by atoms with van der Waals surface area (Å²) in [6, 6.07) is 9.85. The zero-order valence-electron chi connectivity index (χ0n) is 8.96. The van der Waals surface area contributed by atoms with Crippen LogP contribution in [0.5, 0.6) is 0 Å². The Kier molecular flexibility index (Phi) is 2.67. The normalized spacial score (nSPS) is 32.2. The van der Waals surface area contributed by atoms with Crippen LogP contribution in [-0.2, 0) is 0 Å². The second-order valence-corrected chi connectivity index (χ2v) is 4.40. The van der Waals surface area contributed by atoms with Gasteiger partial charge < -0.3 is 16.1 Å². The van der Waals surface area contributed by atoms with Crippen LogP contribution in [0.15, 0.2) is 24.3 Å². The molecule has 1 aromatic rings. The number of fused-ring (bicyclic) bond motifs is 3. The molecule has 3 rings (SSSR count). The first-order chi connectivity index (χ1) is 6.86. The summed E-state index contributed by atoms with van der Waals surface area (Å²) >= 11 is 0. The molecule has 0 aromatic heterocycles. The number of anilines is 1. The minimum absolute atomic E-state index is 0. The Morgan fingerprint density at radius 3 is 3.00 bits per heavy atom. The molecule has 3 nitrogen and oxygen atoms in total. The van der Waals surface area contributed by atoms with Crippen LogP contribution in [-0.4, -0.2) is 18.1 Å². The molecule has 0 radical (unpaired) electrons. The van der Waals surface area contributed by atoms with E-state index in [4.69, 9.17) is 0 Å². The van der Waals surface area contributed by atoms with Gasteiger partial charge in [0.15, 0.2) is 0 Å². The second-order valence-electron chi connectivity index (χ2n) is 4.40. The zero-order valence-corrected chi connectivity index (χ0v) is 8.96. The third-order valence-electron chi connectivity index (χ3n) is 3.59. The lowest BCUT2D eigenvalue weighted by atomic mass is 9.84. The summed E-state index contributed by atoms with van der Waals surface area (Å²) in [5.74, 6) is 0.768. The third-order valence-corrected chi connectivity index (χ3v) is 3.59. The quantitative estimate of drug-likeness (QED) is 0.680. The van der Waals surface area contributed by atoms with E-state index in [9.17, 15) is 0 Å². The van der Waals surface area contributed by atoms with Crippen LogP contribution >= 0.6 is 0 Å². The van der Waals surface area contributed by atoms with Crippen molar-refractivity contribution in [2.24, 2.45) is 5.92 Å². The maximum Gasteiger partial charge on any atom is 0.0390 e. The Labute approximate surface area is 91.7 Å². The molecule has 3 atom stereocenters. The molecule has 2 aliphatic rings. The maximum absolute atomic E-state index is 3.61. The van der Waals surface area contributed by atoms with Crippen molar-refractivity contribution < 1.29 is 6.90 Å². The van der Waals surface area contributed by atoms with Crippen molar-refractivity contribution >= 4 is 5.69 Å². The first-order valence-electron chi connectivity index (χ1n) is 5.45. The fourth-order valence-electron chi connectivity index (χ4n) is 2.85. The molecule has 1 aromatic carbocycles. The summed E-state index contributed by atoms with van der Waals surface area (Å²) in [4.78, 5) is 0. The van der Waals surface area contributed by atoms with Gasteiger partial charge in [-0.05, 0) is 37.4 Å². The molecule has 4 N–H and O–H groups in total. The Hall–Kier alpha value is -1.06. The molecule has 84 valence electrons. The summed E-state index contributed by atoms with van der Waals surface area (Å²) in [7, 11) is 0. The minimum Gasteiger partial charge on any atom is -0.412 e. The smallest absolute Gasteiger partial charge is 0.0390 e. The molecular formula is C12H20N2O. The molecule has 2 heterocycles. The van der Waals surface area contributed by atoms with Crippen molar-refractivity contribution in [1.29, 1.82) is 0 Å². The highest BCUT2D eigenvalue weighted by molar-refractivity contribution is 5.56. The molecule has 3 heteroatoms. The van der Waals surface area contributed by atoms with E-state index in [2.05, 4.69) is 41.8 Å². The van der Waals surface area contributed by atoms with Crippen LogP contribution in [0.1, 0.15) is 26.4 Å². The molecule has 15 heavy (non-hydrogen) atoms. The molecule has 0 amide bonds. The Bertz CT molecular complexity index is 359. The molecule has 0 bridgehead atoms. The predicted octanol–water partition coefficient (Wildman–Crippen LogP) is 1.57. The molecule has 0 spiro atoms. The number of para-hydroxylation sites is 1. The summed E-state index contributed by atoms with van der Waals surface area (Å²) < 4.78 is 0. The van der Waals surface area contributed by atoms with Gasteiger partial charge >= 0.3 is 0 Å². The number of benzene rings is 1. The number of hydrogen-bond acceptors (Lipinski definition) is 2. The lowest BCUT2D eigenvalue weighted by Crippen LogP contribution is -2.35. The van der Waals surface area contributed by atoms with Gasteiger partial charge in [-0.3, -0.25) is 0 Å². The number of rotatable bonds is 0. The molecule has 2 aliphatic heterocycles. The van der Waals surface area contributed by atoms with Gasteiger partial charge in [0.2, 0.25) is 0 Å². The maximum atomic E-state index is 3.61.